The molecule has 1 aromatic heterocycles. The first-order valence-corrected chi connectivity index (χ1v) is 6.32. The fourth-order valence-electron chi connectivity index (χ4n) is 2.12. The first kappa shape index (κ1) is 12.9. The van der Waals surface area contributed by atoms with Crippen LogP contribution in [0.3, 0.4) is 0 Å². The van der Waals surface area contributed by atoms with Crippen molar-refractivity contribution in [2.75, 3.05) is 0 Å². The molecule has 0 fully saturated rings. The van der Waals surface area contributed by atoms with E-state index in [1.54, 1.807) is 36.4 Å². The van der Waals surface area contributed by atoms with Gasteiger partial charge in [0.1, 0.15) is 13.0 Å². The van der Waals surface area contributed by atoms with Gasteiger partial charge in [-0.2, -0.15) is 0 Å². The summed E-state index contributed by atoms with van der Waals surface area (Å²) in [5, 5.41) is 0.166. The number of fused-ring (bicyclic) bond motifs is 1. The molecule has 1 aliphatic rings. The third-order valence-electron chi connectivity index (χ3n) is 3.13. The Balaban J connectivity index is 1.91. The molecule has 0 unspecified atom stereocenters. The number of benzene rings is 1. The highest BCUT2D eigenvalue weighted by atomic mass is 35.5. The summed E-state index contributed by atoms with van der Waals surface area (Å²) in [6.07, 6.45) is 0. The molecule has 1 aromatic carbocycles. The predicted octanol–water partition coefficient (Wildman–Crippen LogP) is 1.33. The van der Waals surface area contributed by atoms with Gasteiger partial charge in [-0.15, -0.1) is 0 Å². The molecule has 0 atom stereocenters. The highest BCUT2D eigenvalue weighted by molar-refractivity contribution is 6.44. The number of imide groups is 1. The highest BCUT2D eigenvalue weighted by Crippen LogP contribution is 2.23. The Hall–Kier alpha value is -2.14. The number of rotatable bonds is 2. The molecule has 2 amide bonds. The SMILES string of the molecule is [B]c1ccc(CN2C(=O)c3ccccc3C2=O)nc1Cl. The summed E-state index contributed by atoms with van der Waals surface area (Å²) >= 11 is 5.84. The molecule has 96 valence electrons. The third kappa shape index (κ3) is 2.00. The lowest BCUT2D eigenvalue weighted by Gasteiger charge is -2.13. The summed E-state index contributed by atoms with van der Waals surface area (Å²) in [5.74, 6) is -0.638. The molecule has 4 nitrogen and oxygen atoms in total. The minimum absolute atomic E-state index is 0.0757. The van der Waals surface area contributed by atoms with Crippen molar-refractivity contribution in [3.8, 4) is 0 Å². The number of hydrogen-bond donors (Lipinski definition) is 0. The zero-order chi connectivity index (χ0) is 14.3. The van der Waals surface area contributed by atoms with Crippen molar-refractivity contribution >= 4 is 36.7 Å². The number of nitrogens with zero attached hydrogens (tertiary/aromatic N) is 2. The van der Waals surface area contributed by atoms with Gasteiger partial charge in [0.15, 0.2) is 0 Å². The molecule has 2 radical (unpaired) electrons. The van der Waals surface area contributed by atoms with Gasteiger partial charge in [-0.3, -0.25) is 14.5 Å². The van der Waals surface area contributed by atoms with Crippen molar-refractivity contribution in [2.24, 2.45) is 0 Å². The summed E-state index contributed by atoms with van der Waals surface area (Å²) in [6.45, 7) is 0.0757. The molecule has 2 aromatic rings. The van der Waals surface area contributed by atoms with Crippen molar-refractivity contribution in [3.63, 3.8) is 0 Å². The summed E-state index contributed by atoms with van der Waals surface area (Å²) in [4.78, 5) is 29.6. The van der Waals surface area contributed by atoms with E-state index < -0.39 is 0 Å². The predicted molar refractivity (Wildman–Crippen MR) is 75.3 cm³/mol. The fraction of sp³-hybridized carbons (Fsp3) is 0.0714. The molecule has 0 saturated heterocycles. The van der Waals surface area contributed by atoms with Gasteiger partial charge in [0.2, 0.25) is 0 Å². The van der Waals surface area contributed by atoms with Gasteiger partial charge in [0.25, 0.3) is 11.8 Å². The van der Waals surface area contributed by atoms with Gasteiger partial charge >= 0.3 is 0 Å². The Morgan fingerprint density at radius 3 is 2.20 bits per heavy atom. The van der Waals surface area contributed by atoms with E-state index in [4.69, 9.17) is 19.4 Å². The Bertz CT molecular complexity index is 698. The average molecular weight is 282 g/mol. The van der Waals surface area contributed by atoms with Crippen LogP contribution in [0.25, 0.3) is 0 Å². The molecule has 0 N–H and O–H groups in total. The lowest BCUT2D eigenvalue weighted by atomic mass is 9.98. The van der Waals surface area contributed by atoms with Crippen LogP contribution in [-0.4, -0.2) is 29.5 Å². The van der Waals surface area contributed by atoms with Crippen LogP contribution >= 0.6 is 11.6 Å². The van der Waals surface area contributed by atoms with E-state index in [9.17, 15) is 9.59 Å². The van der Waals surface area contributed by atoms with Crippen molar-refractivity contribution in [2.45, 2.75) is 6.54 Å². The Morgan fingerprint density at radius 2 is 1.65 bits per heavy atom. The van der Waals surface area contributed by atoms with Gasteiger partial charge in [-0.05, 0) is 18.2 Å². The molecule has 0 spiro atoms. The van der Waals surface area contributed by atoms with E-state index >= 15 is 0 Å². The number of amides is 2. The van der Waals surface area contributed by atoms with Crippen LogP contribution in [0.5, 0.6) is 0 Å². The number of carbonyl (C=O) groups excluding carboxylic acids is 2. The van der Waals surface area contributed by atoms with E-state index in [0.717, 1.165) is 4.90 Å². The van der Waals surface area contributed by atoms with Crippen molar-refractivity contribution in [1.82, 2.24) is 9.88 Å². The van der Waals surface area contributed by atoms with Gasteiger partial charge in [0, 0.05) is 0 Å². The van der Waals surface area contributed by atoms with Crippen LogP contribution in [0.15, 0.2) is 36.4 Å². The zero-order valence-electron chi connectivity index (χ0n) is 10.3. The largest absolute Gasteiger partial charge is 0.269 e. The molecule has 2 heterocycles. The van der Waals surface area contributed by atoms with Crippen LogP contribution in [0.4, 0.5) is 0 Å². The Morgan fingerprint density at radius 1 is 1.05 bits per heavy atom. The molecular weight excluding hydrogens is 274 g/mol. The number of aromatic nitrogens is 1. The standard InChI is InChI=1S/C14H8BClN2O2/c15-11-6-5-8(17-12(11)16)7-18-13(19)9-3-1-2-4-10(9)14(18)20/h1-6H,7H2. The summed E-state index contributed by atoms with van der Waals surface area (Å²) in [5.41, 5.74) is 1.70. The van der Waals surface area contributed by atoms with E-state index in [-0.39, 0.29) is 23.5 Å². The second kappa shape index (κ2) is 4.76. The zero-order valence-corrected chi connectivity index (χ0v) is 11.1. The highest BCUT2D eigenvalue weighted by Gasteiger charge is 2.35. The molecule has 20 heavy (non-hydrogen) atoms. The monoisotopic (exact) mass is 282 g/mol. The lowest BCUT2D eigenvalue weighted by Crippen LogP contribution is -2.29. The number of pyridine rings is 1. The second-order valence-corrected chi connectivity index (χ2v) is 4.78. The second-order valence-electron chi connectivity index (χ2n) is 4.42. The van der Waals surface area contributed by atoms with Gasteiger partial charge in [-0.1, -0.05) is 35.3 Å². The fourth-order valence-corrected chi connectivity index (χ4v) is 2.29. The van der Waals surface area contributed by atoms with Crippen LogP contribution in [0, 0.1) is 0 Å². The first-order valence-electron chi connectivity index (χ1n) is 5.94. The maximum Gasteiger partial charge on any atom is 0.261 e. The maximum atomic E-state index is 12.2. The molecule has 0 saturated carbocycles. The summed E-state index contributed by atoms with van der Waals surface area (Å²) in [6, 6.07) is 9.98. The number of hydrogen-bond acceptors (Lipinski definition) is 3. The summed E-state index contributed by atoms with van der Waals surface area (Å²) in [7, 11) is 5.58. The van der Waals surface area contributed by atoms with Crippen LogP contribution in [0.1, 0.15) is 26.4 Å². The Labute approximate surface area is 121 Å². The minimum atomic E-state index is -0.319. The normalized spacial score (nSPS) is 13.8. The molecule has 1 aliphatic heterocycles. The van der Waals surface area contributed by atoms with Gasteiger partial charge in [-0.25, -0.2) is 4.98 Å². The van der Waals surface area contributed by atoms with Gasteiger partial charge in [0.05, 0.1) is 23.4 Å². The van der Waals surface area contributed by atoms with Crippen molar-refractivity contribution in [3.05, 3.63) is 58.4 Å². The summed E-state index contributed by atoms with van der Waals surface area (Å²) < 4.78 is 0. The maximum absolute atomic E-state index is 12.2. The van der Waals surface area contributed by atoms with Gasteiger partial charge < -0.3 is 0 Å². The van der Waals surface area contributed by atoms with Crippen molar-refractivity contribution in [1.29, 1.82) is 0 Å². The molecule has 3 rings (SSSR count). The topological polar surface area (TPSA) is 50.3 Å². The molecule has 0 aliphatic carbocycles. The van der Waals surface area contributed by atoms with Crippen LogP contribution in [-0.2, 0) is 6.54 Å². The smallest absolute Gasteiger partial charge is 0.261 e. The van der Waals surface area contributed by atoms with Crippen molar-refractivity contribution < 1.29 is 9.59 Å². The molecule has 6 heteroatoms. The average Bonchev–Trinajstić information content (AvgIpc) is 2.69. The number of halogens is 1. The van der Waals surface area contributed by atoms with Crippen LogP contribution in [0.2, 0.25) is 5.15 Å². The van der Waals surface area contributed by atoms with E-state index in [0.29, 0.717) is 22.3 Å². The van der Waals surface area contributed by atoms with Crippen LogP contribution < -0.4 is 5.46 Å². The minimum Gasteiger partial charge on any atom is -0.269 e. The molecule has 0 bridgehead atoms. The quantitative estimate of drug-likeness (QED) is 0.474. The molecular formula is C14H8BClN2O2. The van der Waals surface area contributed by atoms with E-state index in [1.165, 1.54) is 0 Å². The number of carbonyl (C=O) groups is 2. The third-order valence-corrected chi connectivity index (χ3v) is 3.44. The first-order chi connectivity index (χ1) is 9.58. The Kier molecular flexibility index (Phi) is 3.06. The lowest BCUT2D eigenvalue weighted by molar-refractivity contribution is 0.0640. The van der Waals surface area contributed by atoms with E-state index in [2.05, 4.69) is 4.98 Å². The van der Waals surface area contributed by atoms with E-state index in [1.807, 2.05) is 0 Å².